The van der Waals surface area contributed by atoms with Crippen LogP contribution in [-0.2, 0) is 0 Å². The van der Waals surface area contributed by atoms with Crippen molar-refractivity contribution in [3.63, 3.8) is 0 Å². The number of halogens is 1. The van der Waals surface area contributed by atoms with E-state index >= 15 is 0 Å². The average Bonchev–Trinajstić information content (AvgIpc) is 3.17. The number of rotatable bonds is 4. The number of nitrogens with zero attached hydrogens (tertiary/aromatic N) is 2. The number of aliphatic hydroxyl groups excluding tert-OH is 1. The second kappa shape index (κ2) is 7.86. The molecule has 0 amide bonds. The van der Waals surface area contributed by atoms with Crippen LogP contribution in [0.1, 0.15) is 43.6 Å². The fourth-order valence-corrected chi connectivity index (χ4v) is 4.81. The summed E-state index contributed by atoms with van der Waals surface area (Å²) < 4.78 is 0.707. The molecule has 3 atom stereocenters. The minimum absolute atomic E-state index is 0.380. The first-order valence-electron chi connectivity index (χ1n) is 8.64. The lowest BCUT2D eigenvalue weighted by atomic mass is 9.82. The predicted molar refractivity (Wildman–Crippen MR) is 97.3 cm³/mol. The monoisotopic (exact) mass is 355 g/mol. The van der Waals surface area contributed by atoms with Gasteiger partial charge in [0, 0.05) is 24.5 Å². The van der Waals surface area contributed by atoms with E-state index in [4.69, 9.17) is 11.6 Å². The van der Waals surface area contributed by atoms with E-state index in [0.29, 0.717) is 10.9 Å². The molecular weight excluding hydrogens is 330 g/mol. The maximum absolute atomic E-state index is 10.3. The maximum atomic E-state index is 10.3. The van der Waals surface area contributed by atoms with Crippen molar-refractivity contribution < 1.29 is 5.11 Å². The van der Waals surface area contributed by atoms with E-state index in [1.807, 2.05) is 12.1 Å². The highest BCUT2D eigenvalue weighted by Crippen LogP contribution is 2.36. The SMILES string of the molecule is CCNC(=NCC(O)c1ccc(Cl)s1)N1CC2CCCCC2C1. The van der Waals surface area contributed by atoms with Crippen LogP contribution in [0.25, 0.3) is 0 Å². The fourth-order valence-electron chi connectivity index (χ4n) is 3.77. The Labute approximate surface area is 147 Å². The van der Waals surface area contributed by atoms with Gasteiger partial charge in [-0.2, -0.15) is 0 Å². The summed E-state index contributed by atoms with van der Waals surface area (Å²) in [6, 6.07) is 3.70. The van der Waals surface area contributed by atoms with Crippen molar-refractivity contribution in [3.8, 4) is 0 Å². The van der Waals surface area contributed by atoms with Gasteiger partial charge in [-0.3, -0.25) is 4.99 Å². The molecule has 1 saturated carbocycles. The molecular formula is C17H26ClN3OS. The highest BCUT2D eigenvalue weighted by molar-refractivity contribution is 7.16. The Bertz CT molecular complexity index is 534. The van der Waals surface area contributed by atoms with E-state index in [1.165, 1.54) is 37.0 Å². The number of guanidine groups is 1. The van der Waals surface area contributed by atoms with E-state index in [0.717, 1.165) is 42.3 Å². The lowest BCUT2D eigenvalue weighted by Crippen LogP contribution is -2.40. The third kappa shape index (κ3) is 4.20. The average molecular weight is 356 g/mol. The van der Waals surface area contributed by atoms with Crippen molar-refractivity contribution in [3.05, 3.63) is 21.3 Å². The van der Waals surface area contributed by atoms with E-state index < -0.39 is 6.10 Å². The molecule has 0 aromatic carbocycles. The lowest BCUT2D eigenvalue weighted by molar-refractivity contribution is 0.190. The molecule has 1 saturated heterocycles. The Morgan fingerprint density at radius 3 is 2.65 bits per heavy atom. The number of aliphatic imine (C=N–C) groups is 1. The summed E-state index contributed by atoms with van der Waals surface area (Å²) in [7, 11) is 0. The summed E-state index contributed by atoms with van der Waals surface area (Å²) in [6.45, 7) is 5.54. The van der Waals surface area contributed by atoms with Gasteiger partial charge in [-0.15, -0.1) is 11.3 Å². The van der Waals surface area contributed by atoms with Gasteiger partial charge in [0.15, 0.2) is 5.96 Å². The molecule has 1 aliphatic carbocycles. The van der Waals surface area contributed by atoms with Crippen molar-refractivity contribution in [2.75, 3.05) is 26.2 Å². The molecule has 23 heavy (non-hydrogen) atoms. The quantitative estimate of drug-likeness (QED) is 0.641. The maximum Gasteiger partial charge on any atom is 0.194 e. The van der Waals surface area contributed by atoms with E-state index in [9.17, 15) is 5.11 Å². The highest BCUT2D eigenvalue weighted by Gasteiger charge is 2.35. The molecule has 3 rings (SSSR count). The Morgan fingerprint density at radius 1 is 1.39 bits per heavy atom. The largest absolute Gasteiger partial charge is 0.386 e. The van der Waals surface area contributed by atoms with Gasteiger partial charge in [-0.1, -0.05) is 24.4 Å². The first kappa shape index (κ1) is 17.1. The van der Waals surface area contributed by atoms with Gasteiger partial charge in [0.2, 0.25) is 0 Å². The van der Waals surface area contributed by atoms with E-state index in [2.05, 4.69) is 22.1 Å². The molecule has 3 unspecified atom stereocenters. The first-order chi connectivity index (χ1) is 11.2. The fraction of sp³-hybridized carbons (Fsp3) is 0.706. The molecule has 2 heterocycles. The van der Waals surface area contributed by atoms with Crippen LogP contribution in [0.3, 0.4) is 0 Å². The summed E-state index contributed by atoms with van der Waals surface area (Å²) in [5.74, 6) is 2.60. The minimum atomic E-state index is -0.578. The summed E-state index contributed by atoms with van der Waals surface area (Å²) >= 11 is 7.36. The molecule has 4 nitrogen and oxygen atoms in total. The number of nitrogens with one attached hydrogen (secondary N) is 1. The summed E-state index contributed by atoms with van der Waals surface area (Å²) in [6.07, 6.45) is 4.89. The third-order valence-electron chi connectivity index (χ3n) is 4.95. The lowest BCUT2D eigenvalue weighted by Gasteiger charge is -2.22. The number of fused-ring (bicyclic) bond motifs is 1. The Hall–Kier alpha value is -0.780. The number of likely N-dealkylation sites (tertiary alicyclic amines) is 1. The number of hydrogen-bond acceptors (Lipinski definition) is 3. The molecule has 2 aliphatic rings. The Balaban J connectivity index is 1.63. The van der Waals surface area contributed by atoms with Gasteiger partial charge >= 0.3 is 0 Å². The molecule has 1 aliphatic heterocycles. The van der Waals surface area contributed by atoms with Crippen LogP contribution in [0.5, 0.6) is 0 Å². The van der Waals surface area contributed by atoms with Crippen LogP contribution >= 0.6 is 22.9 Å². The van der Waals surface area contributed by atoms with Crippen molar-refractivity contribution in [2.24, 2.45) is 16.8 Å². The summed E-state index contributed by atoms with van der Waals surface area (Å²) in [4.78, 5) is 7.95. The Morgan fingerprint density at radius 2 is 2.09 bits per heavy atom. The number of hydrogen-bond donors (Lipinski definition) is 2. The zero-order valence-electron chi connectivity index (χ0n) is 13.7. The topological polar surface area (TPSA) is 47.9 Å². The zero-order valence-corrected chi connectivity index (χ0v) is 15.2. The number of aliphatic hydroxyl groups is 1. The van der Waals surface area contributed by atoms with Gasteiger partial charge in [-0.25, -0.2) is 0 Å². The van der Waals surface area contributed by atoms with Crippen LogP contribution in [-0.4, -0.2) is 42.1 Å². The van der Waals surface area contributed by atoms with Crippen LogP contribution in [0.4, 0.5) is 0 Å². The van der Waals surface area contributed by atoms with Gasteiger partial charge in [0.1, 0.15) is 6.10 Å². The van der Waals surface area contributed by atoms with Crippen molar-refractivity contribution in [2.45, 2.75) is 38.7 Å². The molecule has 2 fully saturated rings. The highest BCUT2D eigenvalue weighted by atomic mass is 35.5. The smallest absolute Gasteiger partial charge is 0.194 e. The number of thiophene rings is 1. The first-order valence-corrected chi connectivity index (χ1v) is 9.83. The molecule has 0 spiro atoms. The summed E-state index contributed by atoms with van der Waals surface area (Å²) in [5.41, 5.74) is 0. The van der Waals surface area contributed by atoms with Gasteiger partial charge in [-0.05, 0) is 43.7 Å². The molecule has 0 bridgehead atoms. The van der Waals surface area contributed by atoms with E-state index in [1.54, 1.807) is 0 Å². The van der Waals surface area contributed by atoms with Crippen LogP contribution in [0, 0.1) is 11.8 Å². The van der Waals surface area contributed by atoms with E-state index in [-0.39, 0.29) is 0 Å². The van der Waals surface area contributed by atoms with Crippen LogP contribution in [0.2, 0.25) is 4.34 Å². The second-order valence-electron chi connectivity index (χ2n) is 6.56. The molecule has 1 aromatic heterocycles. The minimum Gasteiger partial charge on any atom is -0.386 e. The van der Waals surface area contributed by atoms with Gasteiger partial charge in [0.25, 0.3) is 0 Å². The third-order valence-corrected chi connectivity index (χ3v) is 6.28. The van der Waals surface area contributed by atoms with Crippen molar-refractivity contribution >= 4 is 28.9 Å². The van der Waals surface area contributed by atoms with Crippen LogP contribution < -0.4 is 5.32 Å². The zero-order chi connectivity index (χ0) is 16.2. The Kier molecular flexibility index (Phi) is 5.83. The summed E-state index contributed by atoms with van der Waals surface area (Å²) in [5, 5.41) is 13.7. The van der Waals surface area contributed by atoms with Crippen molar-refractivity contribution in [1.29, 1.82) is 0 Å². The predicted octanol–water partition coefficient (Wildman–Crippen LogP) is 3.52. The van der Waals surface area contributed by atoms with Crippen molar-refractivity contribution in [1.82, 2.24) is 10.2 Å². The van der Waals surface area contributed by atoms with Gasteiger partial charge < -0.3 is 15.3 Å². The molecule has 0 radical (unpaired) electrons. The molecule has 6 heteroatoms. The van der Waals surface area contributed by atoms with Crippen LogP contribution in [0.15, 0.2) is 17.1 Å². The molecule has 2 N–H and O–H groups in total. The second-order valence-corrected chi connectivity index (χ2v) is 8.31. The molecule has 1 aromatic rings. The standard InChI is InChI=1S/C17H26ClN3OS/c1-2-19-17(20-9-14(22)15-7-8-16(18)23-15)21-10-12-5-3-4-6-13(12)11-21/h7-8,12-14,22H,2-6,9-11H2,1H3,(H,19,20). The molecule has 128 valence electrons. The van der Waals surface area contributed by atoms with Gasteiger partial charge in [0.05, 0.1) is 10.9 Å². The normalized spacial score (nSPS) is 26.2.